The summed E-state index contributed by atoms with van der Waals surface area (Å²) < 4.78 is 2.16. The Labute approximate surface area is 114 Å². The quantitative estimate of drug-likeness (QED) is 0.826. The van der Waals surface area contributed by atoms with E-state index in [0.717, 1.165) is 45.2 Å². The van der Waals surface area contributed by atoms with E-state index in [1.165, 1.54) is 5.69 Å². The fraction of sp³-hybridized carbons (Fsp3) is 0.714. The molecule has 1 aliphatic rings. The van der Waals surface area contributed by atoms with E-state index >= 15 is 0 Å². The number of aryl methyl sites for hydroxylation is 1. The van der Waals surface area contributed by atoms with Crippen LogP contribution in [0.3, 0.4) is 0 Å². The van der Waals surface area contributed by atoms with Crippen LogP contribution in [0.15, 0.2) is 12.5 Å². The molecular weight excluding hydrogens is 242 g/mol. The van der Waals surface area contributed by atoms with Crippen molar-refractivity contribution in [1.82, 2.24) is 14.9 Å². The molecule has 0 amide bonds. The van der Waals surface area contributed by atoms with Gasteiger partial charge in [-0.2, -0.15) is 0 Å². The molecule has 1 aromatic rings. The van der Waals surface area contributed by atoms with Gasteiger partial charge in [0.05, 0.1) is 17.9 Å². The van der Waals surface area contributed by atoms with Gasteiger partial charge in [-0.1, -0.05) is 13.3 Å². The molecule has 2 rings (SSSR count). The molecule has 0 aromatic carbocycles. The van der Waals surface area contributed by atoms with Crippen LogP contribution in [0.1, 0.15) is 44.7 Å². The number of hydrogen-bond donors (Lipinski definition) is 2. The lowest BCUT2D eigenvalue weighted by atomic mass is 9.86. The lowest BCUT2D eigenvalue weighted by Crippen LogP contribution is -2.36. The molecule has 0 saturated heterocycles. The summed E-state index contributed by atoms with van der Waals surface area (Å²) in [6.45, 7) is 3.91. The van der Waals surface area contributed by atoms with Gasteiger partial charge in [-0.05, 0) is 25.7 Å². The predicted molar refractivity (Wildman–Crippen MR) is 72.7 cm³/mol. The van der Waals surface area contributed by atoms with Crippen molar-refractivity contribution in [3.05, 3.63) is 18.2 Å². The van der Waals surface area contributed by atoms with Crippen molar-refractivity contribution in [3.63, 3.8) is 0 Å². The van der Waals surface area contributed by atoms with E-state index in [0.29, 0.717) is 6.04 Å². The Kier molecular flexibility index (Phi) is 4.96. The Hall–Kier alpha value is -1.36. The summed E-state index contributed by atoms with van der Waals surface area (Å²) in [6.07, 6.45) is 8.49. The van der Waals surface area contributed by atoms with Crippen LogP contribution in [0, 0.1) is 5.92 Å². The van der Waals surface area contributed by atoms with Crippen molar-refractivity contribution in [2.45, 2.75) is 58.2 Å². The highest BCUT2D eigenvalue weighted by molar-refractivity contribution is 5.70. The van der Waals surface area contributed by atoms with Crippen LogP contribution in [0.25, 0.3) is 0 Å². The average Bonchev–Trinajstić information content (AvgIpc) is 2.85. The third-order valence-corrected chi connectivity index (χ3v) is 3.86. The molecule has 0 spiro atoms. The standard InChI is InChI=1S/C14H23N3O2/c1-2-6-17-10-15-8-13(17)9-16-12-5-3-4-11(7-12)14(18)19/h8,10-12,16H,2-7,9H2,1H3,(H,18,19). The van der Waals surface area contributed by atoms with Gasteiger partial charge < -0.3 is 15.0 Å². The van der Waals surface area contributed by atoms with Gasteiger partial charge in [0.1, 0.15) is 0 Å². The molecule has 0 radical (unpaired) electrons. The van der Waals surface area contributed by atoms with Crippen LogP contribution >= 0.6 is 0 Å². The Balaban J connectivity index is 1.84. The minimum Gasteiger partial charge on any atom is -0.481 e. The zero-order valence-electron chi connectivity index (χ0n) is 11.5. The number of carboxylic acids is 1. The molecule has 19 heavy (non-hydrogen) atoms. The number of nitrogens with zero attached hydrogens (tertiary/aromatic N) is 2. The smallest absolute Gasteiger partial charge is 0.306 e. The molecule has 0 aliphatic heterocycles. The zero-order chi connectivity index (χ0) is 13.7. The van der Waals surface area contributed by atoms with Crippen molar-refractivity contribution in [1.29, 1.82) is 0 Å². The van der Waals surface area contributed by atoms with Gasteiger partial charge in [-0.3, -0.25) is 4.79 Å². The average molecular weight is 265 g/mol. The van der Waals surface area contributed by atoms with E-state index in [1.807, 2.05) is 12.5 Å². The number of rotatable bonds is 6. The Morgan fingerprint density at radius 1 is 1.58 bits per heavy atom. The Morgan fingerprint density at radius 2 is 2.42 bits per heavy atom. The van der Waals surface area contributed by atoms with Crippen molar-refractivity contribution in [3.8, 4) is 0 Å². The molecule has 1 fully saturated rings. The fourth-order valence-electron chi connectivity index (χ4n) is 2.79. The molecule has 2 atom stereocenters. The second-order valence-electron chi connectivity index (χ2n) is 5.36. The van der Waals surface area contributed by atoms with Crippen LogP contribution in [-0.2, 0) is 17.9 Å². The maximum atomic E-state index is 11.0. The van der Waals surface area contributed by atoms with E-state index in [9.17, 15) is 4.79 Å². The number of nitrogens with one attached hydrogen (secondary N) is 1. The monoisotopic (exact) mass is 265 g/mol. The number of aliphatic carboxylic acids is 1. The van der Waals surface area contributed by atoms with E-state index in [-0.39, 0.29) is 5.92 Å². The van der Waals surface area contributed by atoms with Crippen LogP contribution in [0.2, 0.25) is 0 Å². The summed E-state index contributed by atoms with van der Waals surface area (Å²) >= 11 is 0. The summed E-state index contributed by atoms with van der Waals surface area (Å²) in [4.78, 5) is 15.2. The first-order chi connectivity index (χ1) is 9.20. The number of carboxylic acid groups (broad SMARTS) is 1. The number of imidazole rings is 1. The van der Waals surface area contributed by atoms with Crippen molar-refractivity contribution < 1.29 is 9.90 Å². The van der Waals surface area contributed by atoms with Gasteiger partial charge in [0.2, 0.25) is 0 Å². The Bertz CT molecular complexity index is 417. The van der Waals surface area contributed by atoms with E-state index < -0.39 is 5.97 Å². The van der Waals surface area contributed by atoms with Gasteiger partial charge in [0, 0.05) is 25.3 Å². The fourth-order valence-corrected chi connectivity index (χ4v) is 2.79. The van der Waals surface area contributed by atoms with Crippen molar-refractivity contribution >= 4 is 5.97 Å². The number of carbonyl (C=O) groups is 1. The largest absolute Gasteiger partial charge is 0.481 e. The first-order valence-corrected chi connectivity index (χ1v) is 7.16. The van der Waals surface area contributed by atoms with E-state index in [2.05, 4.69) is 21.8 Å². The number of aromatic nitrogens is 2. The summed E-state index contributed by atoms with van der Waals surface area (Å²) in [5.74, 6) is -0.825. The highest BCUT2D eigenvalue weighted by Crippen LogP contribution is 2.24. The molecule has 2 N–H and O–H groups in total. The third kappa shape index (κ3) is 3.80. The minimum atomic E-state index is -0.650. The molecule has 5 heteroatoms. The summed E-state index contributed by atoms with van der Waals surface area (Å²) in [7, 11) is 0. The van der Waals surface area contributed by atoms with Gasteiger partial charge in [0.15, 0.2) is 0 Å². The molecule has 2 unspecified atom stereocenters. The molecule has 0 bridgehead atoms. The molecule has 1 saturated carbocycles. The molecule has 1 aliphatic carbocycles. The molecule has 1 heterocycles. The van der Waals surface area contributed by atoms with Gasteiger partial charge >= 0.3 is 5.97 Å². The van der Waals surface area contributed by atoms with Crippen LogP contribution in [-0.4, -0.2) is 26.7 Å². The first-order valence-electron chi connectivity index (χ1n) is 7.16. The summed E-state index contributed by atoms with van der Waals surface area (Å²) in [5.41, 5.74) is 1.18. The maximum absolute atomic E-state index is 11.0. The summed E-state index contributed by atoms with van der Waals surface area (Å²) in [5, 5.41) is 12.6. The highest BCUT2D eigenvalue weighted by atomic mass is 16.4. The molecule has 1 aromatic heterocycles. The first kappa shape index (κ1) is 14.1. The SMILES string of the molecule is CCCn1cncc1CNC1CCCC(C(=O)O)C1. The predicted octanol–water partition coefficient (Wildman–Crippen LogP) is 2.03. The zero-order valence-corrected chi connectivity index (χ0v) is 11.5. The topological polar surface area (TPSA) is 67.2 Å². The highest BCUT2D eigenvalue weighted by Gasteiger charge is 2.26. The summed E-state index contributed by atoms with van der Waals surface area (Å²) in [6, 6.07) is 0.319. The van der Waals surface area contributed by atoms with Gasteiger partial charge in [-0.15, -0.1) is 0 Å². The van der Waals surface area contributed by atoms with Crippen LogP contribution in [0.4, 0.5) is 0 Å². The molecular formula is C14H23N3O2. The number of hydrogen-bond acceptors (Lipinski definition) is 3. The van der Waals surface area contributed by atoms with Crippen LogP contribution < -0.4 is 5.32 Å². The maximum Gasteiger partial charge on any atom is 0.306 e. The van der Waals surface area contributed by atoms with Crippen LogP contribution in [0.5, 0.6) is 0 Å². The van der Waals surface area contributed by atoms with Gasteiger partial charge in [0.25, 0.3) is 0 Å². The van der Waals surface area contributed by atoms with E-state index in [1.54, 1.807) is 0 Å². The van der Waals surface area contributed by atoms with Crippen molar-refractivity contribution in [2.24, 2.45) is 5.92 Å². The lowest BCUT2D eigenvalue weighted by molar-refractivity contribution is -0.143. The Morgan fingerprint density at radius 3 is 3.16 bits per heavy atom. The normalized spacial score (nSPS) is 23.4. The minimum absolute atomic E-state index is 0.174. The molecule has 106 valence electrons. The lowest BCUT2D eigenvalue weighted by Gasteiger charge is -2.27. The molecule has 5 nitrogen and oxygen atoms in total. The van der Waals surface area contributed by atoms with Gasteiger partial charge in [-0.25, -0.2) is 4.98 Å². The van der Waals surface area contributed by atoms with E-state index in [4.69, 9.17) is 5.11 Å². The third-order valence-electron chi connectivity index (χ3n) is 3.86. The second kappa shape index (κ2) is 6.70. The van der Waals surface area contributed by atoms with Crippen molar-refractivity contribution in [2.75, 3.05) is 0 Å². The second-order valence-corrected chi connectivity index (χ2v) is 5.36.